The van der Waals surface area contributed by atoms with Crippen molar-refractivity contribution in [2.24, 2.45) is 0 Å². The highest BCUT2D eigenvalue weighted by atomic mass is 16.5. The summed E-state index contributed by atoms with van der Waals surface area (Å²) in [5.41, 5.74) is -0.0285. The standard InChI is InChI=1S/C16H23NO4/c1-16(2,11-18)17-13(9-10-14(19)21-3)15(20)12-7-5-4-6-8-12/h4-8,13,17-18H,9-11H2,1-3H3. The fourth-order valence-electron chi connectivity index (χ4n) is 1.95. The van der Waals surface area contributed by atoms with Crippen LogP contribution in [-0.2, 0) is 9.53 Å². The van der Waals surface area contributed by atoms with Crippen molar-refractivity contribution in [2.75, 3.05) is 13.7 Å². The molecule has 1 atom stereocenters. The highest BCUT2D eigenvalue weighted by molar-refractivity contribution is 6.00. The Balaban J connectivity index is 2.85. The molecule has 116 valence electrons. The van der Waals surface area contributed by atoms with Crippen LogP contribution in [0.5, 0.6) is 0 Å². The maximum atomic E-state index is 12.5. The van der Waals surface area contributed by atoms with Gasteiger partial charge in [0.25, 0.3) is 0 Å². The summed E-state index contributed by atoms with van der Waals surface area (Å²) < 4.78 is 4.62. The second kappa shape index (κ2) is 7.90. The Labute approximate surface area is 125 Å². The van der Waals surface area contributed by atoms with Crippen LogP contribution in [0.15, 0.2) is 30.3 Å². The number of aliphatic hydroxyl groups is 1. The Morgan fingerprint density at radius 1 is 1.29 bits per heavy atom. The van der Waals surface area contributed by atoms with Crippen LogP contribution in [0, 0.1) is 0 Å². The highest BCUT2D eigenvalue weighted by Crippen LogP contribution is 2.13. The lowest BCUT2D eigenvalue weighted by Gasteiger charge is -2.29. The molecule has 0 saturated heterocycles. The molecule has 21 heavy (non-hydrogen) atoms. The van der Waals surface area contributed by atoms with Gasteiger partial charge in [-0.15, -0.1) is 0 Å². The fraction of sp³-hybridized carbons (Fsp3) is 0.500. The summed E-state index contributed by atoms with van der Waals surface area (Å²) in [4.78, 5) is 23.8. The SMILES string of the molecule is COC(=O)CCC(NC(C)(C)CO)C(=O)c1ccccc1. The van der Waals surface area contributed by atoms with Gasteiger partial charge < -0.3 is 9.84 Å². The third-order valence-corrected chi connectivity index (χ3v) is 3.20. The number of ketones is 1. The molecule has 0 aliphatic carbocycles. The number of aliphatic hydroxyl groups excluding tert-OH is 1. The van der Waals surface area contributed by atoms with Gasteiger partial charge in [0.2, 0.25) is 0 Å². The zero-order valence-electron chi connectivity index (χ0n) is 12.8. The van der Waals surface area contributed by atoms with E-state index >= 15 is 0 Å². The molecule has 0 spiro atoms. The number of carbonyl (C=O) groups is 2. The molecule has 0 bridgehead atoms. The first-order valence-corrected chi connectivity index (χ1v) is 6.94. The monoisotopic (exact) mass is 293 g/mol. The van der Waals surface area contributed by atoms with E-state index in [1.807, 2.05) is 6.07 Å². The number of esters is 1. The van der Waals surface area contributed by atoms with Gasteiger partial charge in [-0.3, -0.25) is 14.9 Å². The van der Waals surface area contributed by atoms with Gasteiger partial charge in [-0.2, -0.15) is 0 Å². The predicted octanol–water partition coefficient (Wildman–Crippen LogP) is 1.55. The Hall–Kier alpha value is -1.72. The van der Waals surface area contributed by atoms with Crippen LogP contribution in [0.4, 0.5) is 0 Å². The summed E-state index contributed by atoms with van der Waals surface area (Å²) >= 11 is 0. The Bertz CT molecular complexity index is 470. The lowest BCUT2D eigenvalue weighted by molar-refractivity contribution is -0.140. The minimum absolute atomic E-state index is 0.0963. The molecule has 0 aromatic heterocycles. The van der Waals surface area contributed by atoms with Crippen molar-refractivity contribution in [3.63, 3.8) is 0 Å². The lowest BCUT2D eigenvalue weighted by atomic mass is 9.96. The Kier molecular flexibility index (Phi) is 6.52. The maximum absolute atomic E-state index is 12.5. The first-order valence-electron chi connectivity index (χ1n) is 6.94. The van der Waals surface area contributed by atoms with E-state index in [-0.39, 0.29) is 24.8 Å². The fourth-order valence-corrected chi connectivity index (χ4v) is 1.95. The minimum Gasteiger partial charge on any atom is -0.469 e. The van der Waals surface area contributed by atoms with Gasteiger partial charge in [-0.05, 0) is 20.3 Å². The number of methoxy groups -OCH3 is 1. The Morgan fingerprint density at radius 2 is 1.90 bits per heavy atom. The van der Waals surface area contributed by atoms with Crippen molar-refractivity contribution in [3.8, 4) is 0 Å². The van der Waals surface area contributed by atoms with Crippen molar-refractivity contribution in [3.05, 3.63) is 35.9 Å². The van der Waals surface area contributed by atoms with E-state index in [1.165, 1.54) is 7.11 Å². The summed E-state index contributed by atoms with van der Waals surface area (Å²) in [6, 6.07) is 8.35. The number of hydrogen-bond acceptors (Lipinski definition) is 5. The molecule has 0 fully saturated rings. The molecule has 0 aliphatic heterocycles. The largest absolute Gasteiger partial charge is 0.469 e. The molecular formula is C16H23NO4. The molecule has 0 radical (unpaired) electrons. The van der Waals surface area contributed by atoms with Crippen molar-refractivity contribution in [1.29, 1.82) is 0 Å². The van der Waals surface area contributed by atoms with Crippen LogP contribution in [-0.4, -0.2) is 42.2 Å². The normalized spacial score (nSPS) is 12.8. The van der Waals surface area contributed by atoms with Crippen molar-refractivity contribution in [1.82, 2.24) is 5.32 Å². The number of benzene rings is 1. The molecule has 1 unspecified atom stereocenters. The maximum Gasteiger partial charge on any atom is 0.305 e. The Morgan fingerprint density at radius 3 is 2.43 bits per heavy atom. The molecule has 1 aromatic carbocycles. The smallest absolute Gasteiger partial charge is 0.305 e. The average Bonchev–Trinajstić information content (AvgIpc) is 2.51. The molecule has 0 amide bonds. The van der Waals surface area contributed by atoms with E-state index in [9.17, 15) is 14.7 Å². The lowest BCUT2D eigenvalue weighted by Crippen LogP contribution is -2.51. The van der Waals surface area contributed by atoms with Crippen LogP contribution < -0.4 is 5.32 Å². The molecule has 1 aromatic rings. The number of Topliss-reactive ketones (excluding diaryl/α,β-unsaturated/α-hetero) is 1. The first-order chi connectivity index (χ1) is 9.89. The average molecular weight is 293 g/mol. The van der Waals surface area contributed by atoms with Gasteiger partial charge in [-0.1, -0.05) is 30.3 Å². The number of hydrogen-bond donors (Lipinski definition) is 2. The summed E-state index contributed by atoms with van der Waals surface area (Å²) in [6.07, 6.45) is 0.470. The number of rotatable bonds is 8. The molecule has 0 saturated carbocycles. The molecule has 5 nitrogen and oxygen atoms in total. The van der Waals surface area contributed by atoms with Gasteiger partial charge in [0, 0.05) is 17.5 Å². The van der Waals surface area contributed by atoms with Crippen LogP contribution in [0.1, 0.15) is 37.0 Å². The second-order valence-electron chi connectivity index (χ2n) is 5.58. The van der Waals surface area contributed by atoms with Crippen molar-refractivity contribution >= 4 is 11.8 Å². The molecule has 5 heteroatoms. The molecule has 0 heterocycles. The molecule has 1 rings (SSSR count). The van der Waals surface area contributed by atoms with Gasteiger partial charge in [-0.25, -0.2) is 0 Å². The topological polar surface area (TPSA) is 75.6 Å². The van der Waals surface area contributed by atoms with Crippen LogP contribution in [0.2, 0.25) is 0 Å². The molecular weight excluding hydrogens is 270 g/mol. The van der Waals surface area contributed by atoms with E-state index in [4.69, 9.17) is 0 Å². The molecule has 2 N–H and O–H groups in total. The van der Waals surface area contributed by atoms with E-state index in [1.54, 1.807) is 38.1 Å². The number of ether oxygens (including phenoxy) is 1. The van der Waals surface area contributed by atoms with Gasteiger partial charge in [0.1, 0.15) is 0 Å². The van der Waals surface area contributed by atoms with Crippen LogP contribution in [0.25, 0.3) is 0 Å². The quantitative estimate of drug-likeness (QED) is 0.562. The minimum atomic E-state index is -0.606. The summed E-state index contributed by atoms with van der Waals surface area (Å²) in [6.45, 7) is 3.50. The van der Waals surface area contributed by atoms with Gasteiger partial charge in [0.05, 0.1) is 19.8 Å². The summed E-state index contributed by atoms with van der Waals surface area (Å²) in [7, 11) is 1.32. The summed E-state index contributed by atoms with van der Waals surface area (Å²) in [5.74, 6) is -0.453. The zero-order chi connectivity index (χ0) is 15.9. The second-order valence-corrected chi connectivity index (χ2v) is 5.58. The van der Waals surface area contributed by atoms with Crippen LogP contribution in [0.3, 0.4) is 0 Å². The zero-order valence-corrected chi connectivity index (χ0v) is 12.8. The third-order valence-electron chi connectivity index (χ3n) is 3.20. The van der Waals surface area contributed by atoms with Gasteiger partial charge >= 0.3 is 5.97 Å². The van der Waals surface area contributed by atoms with Crippen molar-refractivity contribution < 1.29 is 19.4 Å². The number of carbonyl (C=O) groups excluding carboxylic acids is 2. The predicted molar refractivity (Wildman–Crippen MR) is 80.1 cm³/mol. The van der Waals surface area contributed by atoms with Crippen molar-refractivity contribution in [2.45, 2.75) is 38.3 Å². The van der Waals surface area contributed by atoms with E-state index in [0.29, 0.717) is 12.0 Å². The first kappa shape index (κ1) is 17.3. The summed E-state index contributed by atoms with van der Waals surface area (Å²) in [5, 5.41) is 12.5. The van der Waals surface area contributed by atoms with Gasteiger partial charge in [0.15, 0.2) is 5.78 Å². The molecule has 0 aliphatic rings. The van der Waals surface area contributed by atoms with E-state index in [0.717, 1.165) is 0 Å². The van der Waals surface area contributed by atoms with E-state index < -0.39 is 11.6 Å². The highest BCUT2D eigenvalue weighted by Gasteiger charge is 2.27. The van der Waals surface area contributed by atoms with Crippen LogP contribution >= 0.6 is 0 Å². The third kappa shape index (κ3) is 5.65. The van der Waals surface area contributed by atoms with E-state index in [2.05, 4.69) is 10.1 Å². The number of nitrogens with one attached hydrogen (secondary N) is 1.